The Morgan fingerprint density at radius 1 is 1.00 bits per heavy atom. The van der Waals surface area contributed by atoms with E-state index in [0.717, 1.165) is 25.1 Å². The van der Waals surface area contributed by atoms with Crippen LogP contribution in [0.5, 0.6) is 0 Å². The molecule has 1 aromatic heterocycles. The van der Waals surface area contributed by atoms with Gasteiger partial charge in [-0.3, -0.25) is 4.90 Å². The summed E-state index contributed by atoms with van der Waals surface area (Å²) < 4.78 is 0. The van der Waals surface area contributed by atoms with Gasteiger partial charge in [-0.25, -0.2) is 9.97 Å². The van der Waals surface area contributed by atoms with Gasteiger partial charge in [0, 0.05) is 50.2 Å². The average Bonchev–Trinajstić information content (AvgIpc) is 3.14. The molecular weight excluding hydrogens is 262 g/mol. The Kier molecular flexibility index (Phi) is 3.78. The first kappa shape index (κ1) is 13.5. The number of hydrogen-bond acceptors (Lipinski definition) is 5. The minimum absolute atomic E-state index is 0.591. The van der Waals surface area contributed by atoms with Gasteiger partial charge in [0.25, 0.3) is 0 Å². The molecule has 0 amide bonds. The Morgan fingerprint density at radius 3 is 2.76 bits per heavy atom. The molecule has 114 valence electrons. The summed E-state index contributed by atoms with van der Waals surface area (Å²) in [6, 6.07) is 3.98. The van der Waals surface area contributed by atoms with Crippen molar-refractivity contribution in [3.63, 3.8) is 0 Å². The molecule has 3 unspecified atom stereocenters. The van der Waals surface area contributed by atoms with Gasteiger partial charge in [-0.15, -0.1) is 0 Å². The molecule has 5 heteroatoms. The highest BCUT2D eigenvalue weighted by atomic mass is 15.3. The van der Waals surface area contributed by atoms with Crippen molar-refractivity contribution in [3.8, 4) is 0 Å². The number of piperidine rings is 1. The summed E-state index contributed by atoms with van der Waals surface area (Å²) in [6.45, 7) is 4.74. The van der Waals surface area contributed by atoms with Crippen LogP contribution in [-0.4, -0.2) is 59.2 Å². The van der Waals surface area contributed by atoms with E-state index < -0.39 is 0 Å². The molecule has 0 saturated carbocycles. The molecule has 21 heavy (non-hydrogen) atoms. The van der Waals surface area contributed by atoms with E-state index in [1.54, 1.807) is 0 Å². The zero-order valence-electron chi connectivity index (χ0n) is 12.6. The van der Waals surface area contributed by atoms with E-state index in [2.05, 4.69) is 25.1 Å². The highest BCUT2D eigenvalue weighted by Gasteiger charge is 2.38. The standard InChI is InChI=1S/C16H25N5/c1-4-13(12-21(10-1)16-17-7-3-8-18-16)19-14-6-11-20-9-2-5-15(14)20/h3,7-8,13-15,19H,1-2,4-6,9-12H2. The lowest BCUT2D eigenvalue weighted by atomic mass is 10.0. The van der Waals surface area contributed by atoms with E-state index in [1.165, 1.54) is 45.2 Å². The predicted octanol–water partition coefficient (Wildman–Crippen LogP) is 1.27. The molecule has 3 saturated heterocycles. The Balaban J connectivity index is 1.37. The van der Waals surface area contributed by atoms with Gasteiger partial charge in [0.2, 0.25) is 5.95 Å². The summed E-state index contributed by atoms with van der Waals surface area (Å²) in [7, 11) is 0. The molecule has 3 atom stereocenters. The average molecular weight is 287 g/mol. The van der Waals surface area contributed by atoms with Gasteiger partial charge in [0.15, 0.2) is 0 Å². The number of anilines is 1. The maximum atomic E-state index is 4.40. The second-order valence-electron chi connectivity index (χ2n) is 6.64. The van der Waals surface area contributed by atoms with Crippen LogP contribution >= 0.6 is 0 Å². The van der Waals surface area contributed by atoms with Crippen LogP contribution in [0.2, 0.25) is 0 Å². The third kappa shape index (κ3) is 2.77. The number of fused-ring (bicyclic) bond motifs is 1. The molecule has 3 aliphatic rings. The minimum atomic E-state index is 0.591. The van der Waals surface area contributed by atoms with Crippen molar-refractivity contribution in [2.24, 2.45) is 0 Å². The molecule has 0 spiro atoms. The third-order valence-electron chi connectivity index (χ3n) is 5.31. The van der Waals surface area contributed by atoms with Crippen LogP contribution < -0.4 is 10.2 Å². The van der Waals surface area contributed by atoms with Crippen LogP contribution in [0.4, 0.5) is 5.95 Å². The Morgan fingerprint density at radius 2 is 1.86 bits per heavy atom. The van der Waals surface area contributed by atoms with Gasteiger partial charge in [-0.2, -0.15) is 0 Å². The molecule has 5 nitrogen and oxygen atoms in total. The summed E-state index contributed by atoms with van der Waals surface area (Å²) in [5.74, 6) is 0.887. The largest absolute Gasteiger partial charge is 0.339 e. The van der Waals surface area contributed by atoms with Crippen molar-refractivity contribution >= 4 is 5.95 Å². The van der Waals surface area contributed by atoms with E-state index in [-0.39, 0.29) is 0 Å². The molecular formula is C16H25N5. The summed E-state index contributed by atoms with van der Waals surface area (Å²) in [4.78, 5) is 13.8. The van der Waals surface area contributed by atoms with Crippen LogP contribution in [0.25, 0.3) is 0 Å². The van der Waals surface area contributed by atoms with Crippen molar-refractivity contribution in [1.29, 1.82) is 0 Å². The van der Waals surface area contributed by atoms with E-state index in [0.29, 0.717) is 12.1 Å². The predicted molar refractivity (Wildman–Crippen MR) is 83.4 cm³/mol. The third-order valence-corrected chi connectivity index (χ3v) is 5.31. The van der Waals surface area contributed by atoms with E-state index in [9.17, 15) is 0 Å². The van der Waals surface area contributed by atoms with Gasteiger partial charge < -0.3 is 10.2 Å². The molecule has 4 heterocycles. The highest BCUT2D eigenvalue weighted by molar-refractivity contribution is 5.29. The van der Waals surface area contributed by atoms with Gasteiger partial charge in [-0.05, 0) is 44.7 Å². The summed E-state index contributed by atoms with van der Waals surface area (Å²) >= 11 is 0. The van der Waals surface area contributed by atoms with Crippen LogP contribution in [0, 0.1) is 0 Å². The van der Waals surface area contributed by atoms with Crippen LogP contribution in [0.1, 0.15) is 32.1 Å². The number of aromatic nitrogens is 2. The number of nitrogens with one attached hydrogen (secondary N) is 1. The van der Waals surface area contributed by atoms with E-state index >= 15 is 0 Å². The zero-order chi connectivity index (χ0) is 14.1. The van der Waals surface area contributed by atoms with Crippen molar-refractivity contribution in [3.05, 3.63) is 18.5 Å². The molecule has 3 fully saturated rings. The van der Waals surface area contributed by atoms with Gasteiger partial charge in [0.05, 0.1) is 0 Å². The van der Waals surface area contributed by atoms with E-state index in [1.807, 2.05) is 18.5 Å². The summed E-state index contributed by atoms with van der Waals surface area (Å²) in [5, 5.41) is 3.95. The summed E-state index contributed by atoms with van der Waals surface area (Å²) in [5.41, 5.74) is 0. The normalized spacial score (nSPS) is 33.3. The molecule has 0 aromatic carbocycles. The fourth-order valence-corrected chi connectivity index (χ4v) is 4.33. The van der Waals surface area contributed by atoms with Crippen molar-refractivity contribution < 1.29 is 0 Å². The topological polar surface area (TPSA) is 44.3 Å². The molecule has 0 radical (unpaired) electrons. The zero-order valence-corrected chi connectivity index (χ0v) is 12.6. The lowest BCUT2D eigenvalue weighted by Crippen LogP contribution is -2.52. The van der Waals surface area contributed by atoms with Gasteiger partial charge in [0.1, 0.15) is 0 Å². The first-order chi connectivity index (χ1) is 10.4. The van der Waals surface area contributed by atoms with Gasteiger partial charge >= 0.3 is 0 Å². The van der Waals surface area contributed by atoms with E-state index in [4.69, 9.17) is 0 Å². The first-order valence-corrected chi connectivity index (χ1v) is 8.42. The SMILES string of the molecule is c1cnc(N2CCCC(NC3CCN4CCCC34)C2)nc1. The fourth-order valence-electron chi connectivity index (χ4n) is 4.33. The lowest BCUT2D eigenvalue weighted by molar-refractivity contribution is 0.280. The smallest absolute Gasteiger partial charge is 0.225 e. The minimum Gasteiger partial charge on any atom is -0.339 e. The maximum absolute atomic E-state index is 4.40. The second kappa shape index (κ2) is 5.89. The fraction of sp³-hybridized carbons (Fsp3) is 0.750. The van der Waals surface area contributed by atoms with Crippen molar-refractivity contribution in [1.82, 2.24) is 20.2 Å². The number of nitrogens with zero attached hydrogens (tertiary/aromatic N) is 4. The first-order valence-electron chi connectivity index (χ1n) is 8.42. The lowest BCUT2D eigenvalue weighted by Gasteiger charge is -2.35. The molecule has 1 aromatic rings. The number of hydrogen-bond donors (Lipinski definition) is 1. The second-order valence-corrected chi connectivity index (χ2v) is 6.64. The van der Waals surface area contributed by atoms with Crippen molar-refractivity contribution in [2.45, 2.75) is 50.2 Å². The quantitative estimate of drug-likeness (QED) is 0.907. The monoisotopic (exact) mass is 287 g/mol. The van der Waals surface area contributed by atoms with Crippen LogP contribution in [0.15, 0.2) is 18.5 Å². The Hall–Kier alpha value is -1.20. The molecule has 1 N–H and O–H groups in total. The Bertz CT molecular complexity index is 465. The van der Waals surface area contributed by atoms with Crippen LogP contribution in [0.3, 0.4) is 0 Å². The summed E-state index contributed by atoms with van der Waals surface area (Å²) in [6.07, 6.45) is 10.3. The molecule has 0 bridgehead atoms. The molecule has 3 aliphatic heterocycles. The van der Waals surface area contributed by atoms with Crippen molar-refractivity contribution in [2.75, 3.05) is 31.1 Å². The molecule has 0 aliphatic carbocycles. The number of rotatable bonds is 3. The Labute approximate surface area is 126 Å². The van der Waals surface area contributed by atoms with Crippen LogP contribution in [-0.2, 0) is 0 Å². The highest BCUT2D eigenvalue weighted by Crippen LogP contribution is 2.29. The van der Waals surface area contributed by atoms with Gasteiger partial charge in [-0.1, -0.05) is 0 Å². The maximum Gasteiger partial charge on any atom is 0.225 e. The molecule has 4 rings (SSSR count).